The third-order valence-corrected chi connectivity index (χ3v) is 7.48. The lowest BCUT2D eigenvalue weighted by Gasteiger charge is -2.55. The second-order valence-corrected chi connectivity index (χ2v) is 9.78. The molecule has 1 N–H and O–H groups in total. The molecule has 1 saturated carbocycles. The van der Waals surface area contributed by atoms with Crippen molar-refractivity contribution >= 4 is 11.6 Å². The summed E-state index contributed by atoms with van der Waals surface area (Å²) in [7, 11) is 0. The maximum atomic E-state index is 13.2. The lowest BCUT2D eigenvalue weighted by atomic mass is 9.48. The molecule has 0 aromatic carbocycles. The Labute approximate surface area is 143 Å². The van der Waals surface area contributed by atoms with Crippen LogP contribution in [0.25, 0.3) is 0 Å². The van der Waals surface area contributed by atoms with Gasteiger partial charge in [0.2, 0.25) is 0 Å². The van der Waals surface area contributed by atoms with Gasteiger partial charge in [-0.3, -0.25) is 9.59 Å². The van der Waals surface area contributed by atoms with Crippen LogP contribution in [0.3, 0.4) is 0 Å². The second kappa shape index (κ2) is 4.39. The van der Waals surface area contributed by atoms with Gasteiger partial charge in [-0.25, -0.2) is 0 Å². The molecule has 132 valence electrons. The van der Waals surface area contributed by atoms with Gasteiger partial charge in [0.25, 0.3) is 0 Å². The number of ketones is 2. The Morgan fingerprint density at radius 3 is 2.46 bits per heavy atom. The summed E-state index contributed by atoms with van der Waals surface area (Å²) in [6.07, 6.45) is 3.46. The number of hydrogen-bond acceptors (Lipinski definition) is 4. The van der Waals surface area contributed by atoms with Gasteiger partial charge in [0.15, 0.2) is 17.7 Å². The van der Waals surface area contributed by atoms with Gasteiger partial charge >= 0.3 is 0 Å². The summed E-state index contributed by atoms with van der Waals surface area (Å²) in [4.78, 5) is 26.2. The second-order valence-electron chi connectivity index (χ2n) is 9.78. The molecule has 4 atom stereocenters. The molecule has 0 unspecified atom stereocenters. The van der Waals surface area contributed by atoms with Gasteiger partial charge in [-0.1, -0.05) is 27.2 Å². The van der Waals surface area contributed by atoms with Crippen molar-refractivity contribution in [3.63, 3.8) is 0 Å². The quantitative estimate of drug-likeness (QED) is 0.750. The molecule has 0 aromatic heterocycles. The van der Waals surface area contributed by atoms with E-state index in [0.29, 0.717) is 18.4 Å². The first-order valence-electron chi connectivity index (χ1n) is 9.15. The normalized spacial score (nSPS) is 43.9. The lowest BCUT2D eigenvalue weighted by molar-refractivity contribution is -0.128. The highest BCUT2D eigenvalue weighted by Gasteiger charge is 2.73. The molecule has 24 heavy (non-hydrogen) atoms. The van der Waals surface area contributed by atoms with Gasteiger partial charge < -0.3 is 9.84 Å². The zero-order chi connectivity index (χ0) is 17.7. The molecule has 2 fully saturated rings. The third kappa shape index (κ3) is 1.82. The summed E-state index contributed by atoms with van der Waals surface area (Å²) < 4.78 is 5.77. The Kier molecular flexibility index (Phi) is 3.01. The SMILES string of the molecule is CC1(C)CCC[C@]2(C)C3=C(C[C@]4(C(C)(C)O)O[C@@H]4C3=O)C(=O)C[C@H]12. The molecule has 1 heterocycles. The molecule has 0 aromatic rings. The van der Waals surface area contributed by atoms with E-state index in [9.17, 15) is 14.7 Å². The number of carbonyl (C=O) groups is 2. The molecular weight excluding hydrogens is 304 g/mol. The summed E-state index contributed by atoms with van der Waals surface area (Å²) in [5.74, 6) is 0.257. The third-order valence-electron chi connectivity index (χ3n) is 7.48. The smallest absolute Gasteiger partial charge is 0.191 e. The molecule has 0 amide bonds. The molecule has 4 nitrogen and oxygen atoms in total. The highest BCUT2D eigenvalue weighted by molar-refractivity contribution is 6.13. The van der Waals surface area contributed by atoms with Crippen molar-refractivity contribution in [1.29, 1.82) is 0 Å². The van der Waals surface area contributed by atoms with Crippen molar-refractivity contribution in [2.45, 2.75) is 84.0 Å². The van der Waals surface area contributed by atoms with Crippen LogP contribution in [0.5, 0.6) is 0 Å². The molecule has 3 aliphatic carbocycles. The Bertz CT molecular complexity index is 680. The highest BCUT2D eigenvalue weighted by atomic mass is 16.6. The average Bonchev–Trinajstić information content (AvgIpc) is 3.17. The first-order valence-corrected chi connectivity index (χ1v) is 9.15. The summed E-state index contributed by atoms with van der Waals surface area (Å²) in [5.41, 5.74) is -0.816. The summed E-state index contributed by atoms with van der Waals surface area (Å²) in [6.45, 7) is 9.99. The van der Waals surface area contributed by atoms with Crippen molar-refractivity contribution in [1.82, 2.24) is 0 Å². The minimum Gasteiger partial charge on any atom is -0.387 e. The van der Waals surface area contributed by atoms with Crippen molar-refractivity contribution in [2.75, 3.05) is 0 Å². The Morgan fingerprint density at radius 1 is 1.17 bits per heavy atom. The van der Waals surface area contributed by atoms with Crippen LogP contribution < -0.4 is 0 Å². The van der Waals surface area contributed by atoms with Crippen molar-refractivity contribution in [3.05, 3.63) is 11.1 Å². The van der Waals surface area contributed by atoms with Crippen LogP contribution >= 0.6 is 0 Å². The highest BCUT2D eigenvalue weighted by Crippen LogP contribution is 2.64. The number of fused-ring (bicyclic) bond motifs is 3. The topological polar surface area (TPSA) is 66.9 Å². The van der Waals surface area contributed by atoms with E-state index in [2.05, 4.69) is 20.8 Å². The Hall–Kier alpha value is -1.00. The van der Waals surface area contributed by atoms with Crippen molar-refractivity contribution in [2.24, 2.45) is 16.7 Å². The van der Waals surface area contributed by atoms with Crippen LogP contribution in [0.1, 0.15) is 66.7 Å². The molecule has 1 saturated heterocycles. The largest absolute Gasteiger partial charge is 0.387 e. The van der Waals surface area contributed by atoms with Crippen LogP contribution in [-0.4, -0.2) is 34.0 Å². The fraction of sp³-hybridized carbons (Fsp3) is 0.800. The number of hydrogen-bond donors (Lipinski definition) is 1. The van der Waals surface area contributed by atoms with Gasteiger partial charge in [0.05, 0.1) is 5.60 Å². The van der Waals surface area contributed by atoms with Gasteiger partial charge in [-0.15, -0.1) is 0 Å². The molecular formula is C20H28O4. The van der Waals surface area contributed by atoms with Crippen LogP contribution in [0.4, 0.5) is 0 Å². The Balaban J connectivity index is 1.85. The van der Waals surface area contributed by atoms with Crippen LogP contribution in [0, 0.1) is 16.7 Å². The van der Waals surface area contributed by atoms with E-state index in [1.165, 1.54) is 0 Å². The number of epoxide rings is 1. The maximum Gasteiger partial charge on any atom is 0.191 e. The first-order chi connectivity index (χ1) is 10.9. The van der Waals surface area contributed by atoms with Gasteiger partial charge in [-0.05, 0) is 38.0 Å². The lowest BCUT2D eigenvalue weighted by Crippen LogP contribution is -2.54. The molecule has 4 rings (SSSR count). The number of carbonyl (C=O) groups excluding carboxylic acids is 2. The molecule has 0 spiro atoms. The zero-order valence-corrected chi connectivity index (χ0v) is 15.4. The van der Waals surface area contributed by atoms with Gasteiger partial charge in [-0.2, -0.15) is 0 Å². The zero-order valence-electron chi connectivity index (χ0n) is 15.4. The average molecular weight is 332 g/mol. The van der Waals surface area contributed by atoms with Gasteiger partial charge in [0, 0.05) is 29.4 Å². The number of ether oxygens (including phenoxy) is 1. The van der Waals surface area contributed by atoms with E-state index in [4.69, 9.17) is 4.74 Å². The van der Waals surface area contributed by atoms with E-state index in [1.54, 1.807) is 13.8 Å². The maximum absolute atomic E-state index is 13.2. The van der Waals surface area contributed by atoms with E-state index < -0.39 is 17.3 Å². The minimum atomic E-state index is -1.13. The predicted octanol–water partition coefficient (Wildman–Crippen LogP) is 2.97. The molecule has 4 heteroatoms. The first kappa shape index (κ1) is 16.5. The molecule has 4 aliphatic rings. The van der Waals surface area contributed by atoms with E-state index in [-0.39, 0.29) is 28.3 Å². The van der Waals surface area contributed by atoms with Crippen LogP contribution in [0.15, 0.2) is 11.1 Å². The fourth-order valence-electron chi connectivity index (χ4n) is 5.98. The van der Waals surface area contributed by atoms with E-state index in [1.807, 2.05) is 0 Å². The monoisotopic (exact) mass is 332 g/mol. The van der Waals surface area contributed by atoms with Gasteiger partial charge in [0.1, 0.15) is 5.60 Å². The number of rotatable bonds is 1. The van der Waals surface area contributed by atoms with E-state index in [0.717, 1.165) is 24.8 Å². The minimum absolute atomic E-state index is 0.0448. The summed E-state index contributed by atoms with van der Waals surface area (Å²) in [6, 6.07) is 0. The fourth-order valence-corrected chi connectivity index (χ4v) is 5.98. The molecule has 1 aliphatic heterocycles. The standard InChI is InChI=1S/C20H28O4/c1-17(2)7-6-8-19(5)13(17)9-12(21)11-10-20(18(3,4)23)16(24-20)15(22)14(11)19/h13,16,23H,6-10H2,1-5H3/t13-,16-,19+,20+/m1/s1. The van der Waals surface area contributed by atoms with Crippen molar-refractivity contribution < 1.29 is 19.4 Å². The predicted molar refractivity (Wildman–Crippen MR) is 89.4 cm³/mol. The van der Waals surface area contributed by atoms with E-state index >= 15 is 0 Å². The molecule has 0 radical (unpaired) electrons. The summed E-state index contributed by atoms with van der Waals surface area (Å²) >= 11 is 0. The van der Waals surface area contributed by atoms with Crippen LogP contribution in [-0.2, 0) is 14.3 Å². The number of aliphatic hydroxyl groups is 1. The Morgan fingerprint density at radius 2 is 1.83 bits per heavy atom. The van der Waals surface area contributed by atoms with Crippen molar-refractivity contribution in [3.8, 4) is 0 Å². The molecule has 0 bridgehead atoms. The van der Waals surface area contributed by atoms with Crippen LogP contribution in [0.2, 0.25) is 0 Å². The summed E-state index contributed by atoms with van der Waals surface area (Å²) in [5, 5.41) is 10.5. The number of Topliss-reactive ketones (excluding diaryl/α,β-unsaturated/α-hetero) is 2.